The zero-order valence-corrected chi connectivity index (χ0v) is 10.0. The van der Waals surface area contributed by atoms with E-state index in [2.05, 4.69) is 17.4 Å². The maximum Gasteiger partial charge on any atom is 0.304 e. The Hall–Kier alpha value is -1.00. The summed E-state index contributed by atoms with van der Waals surface area (Å²) in [6.45, 7) is 1.44. The summed E-state index contributed by atoms with van der Waals surface area (Å²) in [5.41, 5.74) is 0. The van der Waals surface area contributed by atoms with Crippen LogP contribution in [0.25, 0.3) is 0 Å². The molecule has 0 saturated heterocycles. The fourth-order valence-corrected chi connectivity index (χ4v) is 2.10. The van der Waals surface area contributed by atoms with Crippen LogP contribution in [0.1, 0.15) is 12.8 Å². The normalized spacial score (nSPS) is 10.2. The molecule has 1 aromatic rings. The van der Waals surface area contributed by atoms with Crippen LogP contribution in [0.4, 0.5) is 0 Å². The Labute approximate surface area is 100 Å². The Morgan fingerprint density at radius 1 is 1.25 bits per heavy atom. The summed E-state index contributed by atoms with van der Waals surface area (Å²) < 4.78 is 0. The third-order valence-electron chi connectivity index (χ3n) is 2.03. The Kier molecular flexibility index (Phi) is 6.69. The first-order valence-electron chi connectivity index (χ1n) is 5.39. The highest BCUT2D eigenvalue weighted by molar-refractivity contribution is 7.99. The van der Waals surface area contributed by atoms with Crippen LogP contribution in [0.15, 0.2) is 35.2 Å². The molecule has 0 bridgehead atoms. The number of carbonyl (C=O) groups is 1. The number of rotatable bonds is 8. The predicted octanol–water partition coefficient (Wildman–Crippen LogP) is 2.23. The van der Waals surface area contributed by atoms with Crippen molar-refractivity contribution >= 4 is 17.7 Å². The molecule has 2 N–H and O–H groups in total. The first kappa shape index (κ1) is 13.1. The minimum atomic E-state index is -0.744. The third kappa shape index (κ3) is 6.48. The van der Waals surface area contributed by atoms with Gasteiger partial charge in [0.1, 0.15) is 0 Å². The van der Waals surface area contributed by atoms with Crippen LogP contribution >= 0.6 is 11.8 Å². The largest absolute Gasteiger partial charge is 0.481 e. The maximum absolute atomic E-state index is 10.2. The van der Waals surface area contributed by atoms with E-state index in [0.717, 1.165) is 18.7 Å². The molecular formula is C12H17NO2S. The number of thioether (sulfide) groups is 1. The predicted molar refractivity (Wildman–Crippen MR) is 66.9 cm³/mol. The molecule has 0 aliphatic heterocycles. The fraction of sp³-hybridized carbons (Fsp3) is 0.417. The molecule has 88 valence electrons. The number of benzene rings is 1. The van der Waals surface area contributed by atoms with Crippen molar-refractivity contribution in [3.8, 4) is 0 Å². The van der Waals surface area contributed by atoms with Crippen molar-refractivity contribution in [3.05, 3.63) is 30.3 Å². The lowest BCUT2D eigenvalue weighted by Gasteiger charge is -2.03. The van der Waals surface area contributed by atoms with Crippen LogP contribution in [-0.2, 0) is 4.79 Å². The van der Waals surface area contributed by atoms with Crippen LogP contribution in [0.5, 0.6) is 0 Å². The van der Waals surface area contributed by atoms with Crippen LogP contribution in [0.3, 0.4) is 0 Å². The fourth-order valence-electron chi connectivity index (χ4n) is 1.22. The van der Waals surface area contributed by atoms with Gasteiger partial charge in [0, 0.05) is 11.4 Å². The topological polar surface area (TPSA) is 49.3 Å². The zero-order chi connectivity index (χ0) is 11.6. The van der Waals surface area contributed by atoms with E-state index in [0.29, 0.717) is 6.54 Å². The molecule has 0 radical (unpaired) electrons. The Morgan fingerprint density at radius 3 is 2.69 bits per heavy atom. The summed E-state index contributed by atoms with van der Waals surface area (Å²) in [6, 6.07) is 10.3. The van der Waals surface area contributed by atoms with Gasteiger partial charge in [-0.25, -0.2) is 0 Å². The molecule has 0 amide bonds. The molecule has 0 aliphatic carbocycles. The van der Waals surface area contributed by atoms with Crippen LogP contribution in [0, 0.1) is 0 Å². The molecule has 3 nitrogen and oxygen atoms in total. The zero-order valence-electron chi connectivity index (χ0n) is 9.19. The summed E-state index contributed by atoms with van der Waals surface area (Å²) in [5, 5.41) is 11.5. The molecule has 0 aromatic heterocycles. The molecule has 0 aliphatic rings. The molecule has 1 aromatic carbocycles. The van der Waals surface area contributed by atoms with E-state index < -0.39 is 5.97 Å². The molecule has 0 saturated carbocycles. The van der Waals surface area contributed by atoms with Gasteiger partial charge in [0.05, 0.1) is 6.42 Å². The number of nitrogens with one attached hydrogen (secondary N) is 1. The second kappa shape index (κ2) is 8.19. The Bertz CT molecular complexity index is 303. The monoisotopic (exact) mass is 239 g/mol. The minimum absolute atomic E-state index is 0.200. The van der Waals surface area contributed by atoms with Crippen molar-refractivity contribution in [2.75, 3.05) is 18.8 Å². The van der Waals surface area contributed by atoms with Gasteiger partial charge in [0.25, 0.3) is 0 Å². The minimum Gasteiger partial charge on any atom is -0.481 e. The molecule has 0 heterocycles. The van der Waals surface area contributed by atoms with E-state index in [9.17, 15) is 4.79 Å². The van der Waals surface area contributed by atoms with Gasteiger partial charge in [0.2, 0.25) is 0 Å². The summed E-state index contributed by atoms with van der Waals surface area (Å²) in [7, 11) is 0. The molecule has 16 heavy (non-hydrogen) atoms. The highest BCUT2D eigenvalue weighted by Gasteiger charge is 1.95. The Morgan fingerprint density at radius 2 is 2.00 bits per heavy atom. The van der Waals surface area contributed by atoms with E-state index >= 15 is 0 Å². The number of aliphatic carboxylic acids is 1. The summed E-state index contributed by atoms with van der Waals surface area (Å²) in [6.07, 6.45) is 1.25. The Balaban J connectivity index is 1.94. The number of hydrogen-bond acceptors (Lipinski definition) is 3. The number of hydrogen-bond donors (Lipinski definition) is 2. The van der Waals surface area contributed by atoms with Crippen molar-refractivity contribution in [1.29, 1.82) is 0 Å². The average molecular weight is 239 g/mol. The highest BCUT2D eigenvalue weighted by atomic mass is 32.2. The molecule has 0 atom stereocenters. The van der Waals surface area contributed by atoms with E-state index in [1.165, 1.54) is 4.90 Å². The van der Waals surface area contributed by atoms with Crippen molar-refractivity contribution in [1.82, 2.24) is 5.32 Å². The molecule has 0 fully saturated rings. The molecule has 1 rings (SSSR count). The lowest BCUT2D eigenvalue weighted by Crippen LogP contribution is -2.19. The van der Waals surface area contributed by atoms with E-state index in [1.807, 2.05) is 30.0 Å². The van der Waals surface area contributed by atoms with Gasteiger partial charge >= 0.3 is 5.97 Å². The standard InChI is InChI=1S/C12H17NO2S/c14-12(15)7-9-13-8-4-10-16-11-5-2-1-3-6-11/h1-3,5-6,13H,4,7-10H2,(H,14,15). The number of carboxylic acid groups (broad SMARTS) is 1. The van der Waals surface area contributed by atoms with Crippen molar-refractivity contribution < 1.29 is 9.90 Å². The lowest BCUT2D eigenvalue weighted by molar-refractivity contribution is -0.136. The first-order chi connectivity index (χ1) is 7.79. The van der Waals surface area contributed by atoms with Gasteiger partial charge in [-0.3, -0.25) is 4.79 Å². The van der Waals surface area contributed by atoms with Gasteiger partial charge in [-0.2, -0.15) is 0 Å². The van der Waals surface area contributed by atoms with Crippen LogP contribution in [0.2, 0.25) is 0 Å². The van der Waals surface area contributed by atoms with Gasteiger partial charge in [-0.05, 0) is 30.9 Å². The molecular weight excluding hydrogens is 222 g/mol. The van der Waals surface area contributed by atoms with Gasteiger partial charge in [-0.15, -0.1) is 11.8 Å². The average Bonchev–Trinajstić information content (AvgIpc) is 2.29. The molecule has 0 unspecified atom stereocenters. The van der Waals surface area contributed by atoms with E-state index in [-0.39, 0.29) is 6.42 Å². The van der Waals surface area contributed by atoms with Crippen molar-refractivity contribution in [2.24, 2.45) is 0 Å². The summed E-state index contributed by atoms with van der Waals surface area (Å²) in [5.74, 6) is 0.315. The third-order valence-corrected chi connectivity index (χ3v) is 3.12. The van der Waals surface area contributed by atoms with Gasteiger partial charge in [0.15, 0.2) is 0 Å². The highest BCUT2D eigenvalue weighted by Crippen LogP contribution is 2.17. The SMILES string of the molecule is O=C(O)CCNCCCSc1ccccc1. The van der Waals surface area contributed by atoms with Crippen LogP contribution in [-0.4, -0.2) is 29.9 Å². The maximum atomic E-state index is 10.2. The number of carboxylic acids is 1. The van der Waals surface area contributed by atoms with Crippen molar-refractivity contribution in [2.45, 2.75) is 17.7 Å². The van der Waals surface area contributed by atoms with E-state index in [4.69, 9.17) is 5.11 Å². The second-order valence-electron chi connectivity index (χ2n) is 3.41. The smallest absolute Gasteiger partial charge is 0.304 e. The summed E-state index contributed by atoms with van der Waals surface area (Å²) >= 11 is 1.83. The first-order valence-corrected chi connectivity index (χ1v) is 6.38. The van der Waals surface area contributed by atoms with Gasteiger partial charge in [-0.1, -0.05) is 18.2 Å². The lowest BCUT2D eigenvalue weighted by atomic mass is 10.4. The van der Waals surface area contributed by atoms with Crippen LogP contribution < -0.4 is 5.32 Å². The van der Waals surface area contributed by atoms with Crippen molar-refractivity contribution in [3.63, 3.8) is 0 Å². The quantitative estimate of drug-likeness (QED) is 0.539. The van der Waals surface area contributed by atoms with Gasteiger partial charge < -0.3 is 10.4 Å². The van der Waals surface area contributed by atoms with E-state index in [1.54, 1.807) is 0 Å². The molecule has 4 heteroatoms. The second-order valence-corrected chi connectivity index (χ2v) is 4.58. The summed E-state index contributed by atoms with van der Waals surface area (Å²) in [4.78, 5) is 11.5. The molecule has 0 spiro atoms.